The fourth-order valence-corrected chi connectivity index (χ4v) is 2.26. The number of nitrogens with one attached hydrogen (secondary N) is 2. The van der Waals surface area contributed by atoms with Gasteiger partial charge in [-0.05, 0) is 37.3 Å². The highest BCUT2D eigenvalue weighted by Crippen LogP contribution is 2.12. The molecule has 2 heterocycles. The Morgan fingerprint density at radius 3 is 2.58 bits per heavy atom. The van der Waals surface area contributed by atoms with Crippen molar-refractivity contribution in [2.24, 2.45) is 0 Å². The zero-order valence-corrected chi connectivity index (χ0v) is 12.9. The summed E-state index contributed by atoms with van der Waals surface area (Å²) in [6, 6.07) is 8.83. The van der Waals surface area contributed by atoms with Gasteiger partial charge in [-0.1, -0.05) is 0 Å². The quantitative estimate of drug-likeness (QED) is 0.722. The molecule has 3 rings (SSSR count). The third-order valence-electron chi connectivity index (χ3n) is 3.34. The molecule has 0 atom stereocenters. The van der Waals surface area contributed by atoms with E-state index in [0.29, 0.717) is 23.8 Å². The predicted molar refractivity (Wildman–Crippen MR) is 84.5 cm³/mol. The van der Waals surface area contributed by atoms with Gasteiger partial charge < -0.3 is 5.32 Å². The standard InChI is InChI=1S/C15H16F2N6O/c1-10-19-15(24)23(20-10)13-4-2-11(3-5-13)18-8-12-6-7-22(21-12)9-14(16)17/h2-7,14,18H,8-9H2,1H3,(H,19,20,24). The number of aromatic nitrogens is 5. The van der Waals surface area contributed by atoms with E-state index >= 15 is 0 Å². The summed E-state index contributed by atoms with van der Waals surface area (Å²) in [4.78, 5) is 14.3. The van der Waals surface area contributed by atoms with Crippen molar-refractivity contribution < 1.29 is 8.78 Å². The topological polar surface area (TPSA) is 80.5 Å². The predicted octanol–water partition coefficient (Wildman–Crippen LogP) is 1.94. The van der Waals surface area contributed by atoms with E-state index in [0.717, 1.165) is 5.69 Å². The lowest BCUT2D eigenvalue weighted by molar-refractivity contribution is 0.121. The Kier molecular flexibility index (Phi) is 4.41. The van der Waals surface area contributed by atoms with Gasteiger partial charge in [0.2, 0.25) is 0 Å². The number of aryl methyl sites for hydroxylation is 1. The average molecular weight is 334 g/mol. The normalized spacial score (nSPS) is 11.2. The minimum Gasteiger partial charge on any atom is -0.379 e. The summed E-state index contributed by atoms with van der Waals surface area (Å²) in [5, 5.41) is 11.3. The highest BCUT2D eigenvalue weighted by atomic mass is 19.3. The largest absolute Gasteiger partial charge is 0.379 e. The van der Waals surface area contributed by atoms with Crippen molar-refractivity contribution in [1.29, 1.82) is 0 Å². The van der Waals surface area contributed by atoms with Crippen LogP contribution in [0.25, 0.3) is 5.69 Å². The minimum atomic E-state index is -2.42. The van der Waals surface area contributed by atoms with Crippen LogP contribution in [0, 0.1) is 6.92 Å². The van der Waals surface area contributed by atoms with Gasteiger partial charge in [0.1, 0.15) is 12.4 Å². The van der Waals surface area contributed by atoms with E-state index in [2.05, 4.69) is 20.5 Å². The lowest BCUT2D eigenvalue weighted by Gasteiger charge is -2.06. The van der Waals surface area contributed by atoms with E-state index in [1.807, 2.05) is 12.1 Å². The number of alkyl halides is 2. The van der Waals surface area contributed by atoms with Crippen LogP contribution in [-0.4, -0.2) is 31.0 Å². The van der Waals surface area contributed by atoms with Gasteiger partial charge in [0.05, 0.1) is 17.9 Å². The number of hydrogen-bond acceptors (Lipinski definition) is 4. The molecular weight excluding hydrogens is 318 g/mol. The molecule has 0 amide bonds. The Morgan fingerprint density at radius 1 is 1.21 bits per heavy atom. The fourth-order valence-electron chi connectivity index (χ4n) is 2.26. The van der Waals surface area contributed by atoms with Gasteiger partial charge in [0, 0.05) is 11.9 Å². The second-order valence-corrected chi connectivity index (χ2v) is 5.25. The van der Waals surface area contributed by atoms with Gasteiger partial charge in [-0.25, -0.2) is 13.6 Å². The maximum absolute atomic E-state index is 12.3. The number of benzene rings is 1. The smallest absolute Gasteiger partial charge is 0.348 e. The molecule has 126 valence electrons. The summed E-state index contributed by atoms with van der Waals surface area (Å²) in [6.45, 7) is 1.71. The van der Waals surface area contributed by atoms with Crippen molar-refractivity contribution >= 4 is 5.69 Å². The van der Waals surface area contributed by atoms with Crippen LogP contribution in [0.5, 0.6) is 0 Å². The molecule has 9 heteroatoms. The first-order valence-corrected chi connectivity index (χ1v) is 7.32. The van der Waals surface area contributed by atoms with Crippen LogP contribution < -0.4 is 11.0 Å². The lowest BCUT2D eigenvalue weighted by Crippen LogP contribution is -2.15. The molecule has 0 bridgehead atoms. The first-order chi connectivity index (χ1) is 11.5. The molecule has 0 radical (unpaired) electrons. The molecule has 0 aliphatic rings. The van der Waals surface area contributed by atoms with Gasteiger partial charge >= 0.3 is 5.69 Å². The van der Waals surface area contributed by atoms with Crippen molar-refractivity contribution in [3.63, 3.8) is 0 Å². The van der Waals surface area contributed by atoms with Crippen molar-refractivity contribution in [3.05, 3.63) is 58.5 Å². The Bertz CT molecular complexity index is 865. The van der Waals surface area contributed by atoms with Crippen LogP contribution in [0.3, 0.4) is 0 Å². The lowest BCUT2D eigenvalue weighted by atomic mass is 10.2. The first kappa shape index (κ1) is 15.9. The SMILES string of the molecule is Cc1nn(-c2ccc(NCc3ccn(CC(F)F)n3)cc2)c(=O)[nH]1. The average Bonchev–Trinajstić information content (AvgIpc) is 3.11. The summed E-state index contributed by atoms with van der Waals surface area (Å²) in [5.74, 6) is 0.543. The van der Waals surface area contributed by atoms with Crippen molar-refractivity contribution in [1.82, 2.24) is 24.5 Å². The van der Waals surface area contributed by atoms with E-state index in [9.17, 15) is 13.6 Å². The molecule has 24 heavy (non-hydrogen) atoms. The van der Waals surface area contributed by atoms with Crippen molar-refractivity contribution in [2.45, 2.75) is 26.4 Å². The molecule has 1 aromatic carbocycles. The molecule has 0 saturated carbocycles. The van der Waals surface area contributed by atoms with Gasteiger partial charge in [0.25, 0.3) is 6.43 Å². The van der Waals surface area contributed by atoms with Crippen LogP contribution in [0.1, 0.15) is 11.5 Å². The molecule has 0 aliphatic carbocycles. The van der Waals surface area contributed by atoms with Gasteiger partial charge in [-0.15, -0.1) is 0 Å². The molecular formula is C15H16F2N6O. The summed E-state index contributed by atoms with van der Waals surface area (Å²) in [7, 11) is 0. The van der Waals surface area contributed by atoms with E-state index in [1.165, 1.54) is 15.6 Å². The molecule has 0 aliphatic heterocycles. The molecule has 2 N–H and O–H groups in total. The second kappa shape index (κ2) is 6.65. The van der Waals surface area contributed by atoms with Crippen LogP contribution in [-0.2, 0) is 13.1 Å². The van der Waals surface area contributed by atoms with Gasteiger partial charge in [-0.3, -0.25) is 9.67 Å². The van der Waals surface area contributed by atoms with Gasteiger partial charge in [-0.2, -0.15) is 14.9 Å². The van der Waals surface area contributed by atoms with Crippen molar-refractivity contribution in [2.75, 3.05) is 5.32 Å². The van der Waals surface area contributed by atoms with Crippen LogP contribution in [0.15, 0.2) is 41.3 Å². The maximum atomic E-state index is 12.3. The summed E-state index contributed by atoms with van der Waals surface area (Å²) < 4.78 is 27.1. The van der Waals surface area contributed by atoms with E-state index in [1.54, 1.807) is 25.1 Å². The highest BCUT2D eigenvalue weighted by molar-refractivity contribution is 5.48. The molecule has 2 aromatic heterocycles. The molecule has 0 unspecified atom stereocenters. The number of rotatable bonds is 6. The van der Waals surface area contributed by atoms with E-state index in [-0.39, 0.29) is 5.69 Å². The van der Waals surface area contributed by atoms with Crippen LogP contribution in [0.2, 0.25) is 0 Å². The Hall–Kier alpha value is -2.97. The molecule has 0 fully saturated rings. The fraction of sp³-hybridized carbons (Fsp3) is 0.267. The first-order valence-electron chi connectivity index (χ1n) is 7.32. The third kappa shape index (κ3) is 3.67. The van der Waals surface area contributed by atoms with Crippen molar-refractivity contribution in [3.8, 4) is 5.69 Å². The van der Waals surface area contributed by atoms with E-state index in [4.69, 9.17) is 0 Å². The summed E-state index contributed by atoms with van der Waals surface area (Å²) in [5.41, 5.74) is 1.84. The van der Waals surface area contributed by atoms with Gasteiger partial charge in [0.15, 0.2) is 0 Å². The zero-order valence-electron chi connectivity index (χ0n) is 12.9. The van der Waals surface area contributed by atoms with E-state index < -0.39 is 13.0 Å². The number of hydrogen-bond donors (Lipinski definition) is 2. The maximum Gasteiger partial charge on any atom is 0.348 e. The third-order valence-corrected chi connectivity index (χ3v) is 3.34. The monoisotopic (exact) mass is 334 g/mol. The Balaban J connectivity index is 1.63. The van der Waals surface area contributed by atoms with Crippen LogP contribution in [0.4, 0.5) is 14.5 Å². The molecule has 3 aromatic rings. The number of aromatic amines is 1. The Labute approximate surface area is 135 Å². The highest BCUT2D eigenvalue weighted by Gasteiger charge is 2.06. The second-order valence-electron chi connectivity index (χ2n) is 5.25. The number of anilines is 1. The minimum absolute atomic E-state index is 0.294. The number of nitrogens with zero attached hydrogens (tertiary/aromatic N) is 4. The molecule has 0 saturated heterocycles. The number of halogens is 2. The Morgan fingerprint density at radius 2 is 1.96 bits per heavy atom. The number of H-pyrrole nitrogens is 1. The zero-order chi connectivity index (χ0) is 17.1. The summed E-state index contributed by atoms with van der Waals surface area (Å²) >= 11 is 0. The summed E-state index contributed by atoms with van der Waals surface area (Å²) in [6.07, 6.45) is -0.897. The van der Waals surface area contributed by atoms with Crippen LogP contribution >= 0.6 is 0 Å². The molecule has 0 spiro atoms. The molecule has 7 nitrogen and oxygen atoms in total.